The Kier molecular flexibility index (Phi) is 3.82. The van der Waals surface area contributed by atoms with Crippen molar-refractivity contribution in [3.63, 3.8) is 0 Å². The molecule has 1 heterocycles. The van der Waals surface area contributed by atoms with E-state index in [4.69, 9.17) is 15.0 Å². The van der Waals surface area contributed by atoms with Crippen molar-refractivity contribution in [2.45, 2.75) is 33.2 Å². The Bertz CT molecular complexity index is 304. The topological polar surface area (TPSA) is 74.2 Å². The number of rotatable bonds is 4. The molecule has 15 heavy (non-hydrogen) atoms. The van der Waals surface area contributed by atoms with Crippen LogP contribution in [0.1, 0.15) is 38.5 Å². The predicted molar refractivity (Wildman–Crippen MR) is 56.3 cm³/mol. The van der Waals surface area contributed by atoms with Crippen LogP contribution in [0.4, 0.5) is 0 Å². The number of aromatic nitrogens is 2. The minimum Gasteiger partial charge on any atom is -0.383 e. The number of hydrogen-bond acceptors (Lipinski definition) is 5. The molecule has 0 radical (unpaired) electrons. The highest BCUT2D eigenvalue weighted by Gasteiger charge is 2.19. The third-order valence-corrected chi connectivity index (χ3v) is 1.84. The van der Waals surface area contributed by atoms with Gasteiger partial charge in [-0.05, 0) is 5.41 Å². The lowest BCUT2D eigenvalue weighted by molar-refractivity contribution is 0.177. The molecule has 1 rings (SSSR count). The maximum absolute atomic E-state index is 5.77. The van der Waals surface area contributed by atoms with Gasteiger partial charge in [-0.25, -0.2) is 0 Å². The van der Waals surface area contributed by atoms with Crippen LogP contribution in [0.2, 0.25) is 0 Å². The van der Waals surface area contributed by atoms with Crippen molar-refractivity contribution in [1.82, 2.24) is 10.1 Å². The highest BCUT2D eigenvalue weighted by Crippen LogP contribution is 2.19. The molecule has 0 aliphatic rings. The van der Waals surface area contributed by atoms with Gasteiger partial charge < -0.3 is 15.0 Å². The van der Waals surface area contributed by atoms with E-state index in [-0.39, 0.29) is 11.5 Å². The van der Waals surface area contributed by atoms with Gasteiger partial charge in [0.05, 0.1) is 12.6 Å². The van der Waals surface area contributed by atoms with Gasteiger partial charge in [-0.3, -0.25) is 0 Å². The Morgan fingerprint density at radius 3 is 2.67 bits per heavy atom. The van der Waals surface area contributed by atoms with E-state index in [2.05, 4.69) is 30.9 Å². The summed E-state index contributed by atoms with van der Waals surface area (Å²) in [5, 5.41) is 3.83. The molecule has 2 N–H and O–H groups in total. The highest BCUT2D eigenvalue weighted by atomic mass is 16.5. The summed E-state index contributed by atoms with van der Waals surface area (Å²) in [6.45, 7) is 6.75. The number of nitrogens with two attached hydrogens (primary N) is 1. The standard InChI is InChI=1S/C10H19N3O2/c1-10(2,3)5-8-12-9(13-15-8)7(11)6-14-4/h7H,5-6,11H2,1-4H3. The normalized spacial score (nSPS) is 14.2. The molecule has 5 heteroatoms. The molecular formula is C10H19N3O2. The lowest BCUT2D eigenvalue weighted by Crippen LogP contribution is -2.17. The number of methoxy groups -OCH3 is 1. The van der Waals surface area contributed by atoms with E-state index >= 15 is 0 Å². The SMILES string of the molecule is COCC(N)c1noc(CC(C)(C)C)n1. The second-order valence-corrected chi connectivity index (χ2v) is 4.85. The van der Waals surface area contributed by atoms with E-state index in [9.17, 15) is 0 Å². The fourth-order valence-electron chi connectivity index (χ4n) is 1.20. The number of ether oxygens (including phenoxy) is 1. The van der Waals surface area contributed by atoms with Crippen molar-refractivity contribution < 1.29 is 9.26 Å². The zero-order valence-electron chi connectivity index (χ0n) is 9.78. The Balaban J connectivity index is 2.64. The second-order valence-electron chi connectivity index (χ2n) is 4.85. The molecule has 0 saturated carbocycles. The van der Waals surface area contributed by atoms with Crippen LogP contribution in [0.3, 0.4) is 0 Å². The van der Waals surface area contributed by atoms with Crippen molar-refractivity contribution in [2.24, 2.45) is 11.1 Å². The fraction of sp³-hybridized carbons (Fsp3) is 0.800. The van der Waals surface area contributed by atoms with E-state index < -0.39 is 0 Å². The molecule has 0 aliphatic heterocycles. The molecule has 0 amide bonds. The summed E-state index contributed by atoms with van der Waals surface area (Å²) in [6, 6.07) is -0.313. The van der Waals surface area contributed by atoms with E-state index in [1.54, 1.807) is 7.11 Å². The second kappa shape index (κ2) is 4.72. The Morgan fingerprint density at radius 2 is 2.13 bits per heavy atom. The first-order valence-corrected chi connectivity index (χ1v) is 4.99. The van der Waals surface area contributed by atoms with Gasteiger partial charge >= 0.3 is 0 Å². The van der Waals surface area contributed by atoms with Gasteiger partial charge in [0.15, 0.2) is 5.82 Å². The maximum atomic E-state index is 5.77. The average molecular weight is 213 g/mol. The van der Waals surface area contributed by atoms with Crippen LogP contribution in [0.25, 0.3) is 0 Å². The van der Waals surface area contributed by atoms with E-state index in [0.717, 1.165) is 6.42 Å². The van der Waals surface area contributed by atoms with Crippen LogP contribution in [0.15, 0.2) is 4.52 Å². The van der Waals surface area contributed by atoms with E-state index in [1.807, 2.05) is 0 Å². The first-order valence-electron chi connectivity index (χ1n) is 4.99. The van der Waals surface area contributed by atoms with Gasteiger partial charge in [0.25, 0.3) is 0 Å². The summed E-state index contributed by atoms with van der Waals surface area (Å²) in [6.07, 6.45) is 0.750. The molecule has 0 saturated heterocycles. The molecule has 0 aliphatic carbocycles. The summed E-state index contributed by atoms with van der Waals surface area (Å²) in [5.41, 5.74) is 5.91. The van der Waals surface area contributed by atoms with Crippen molar-refractivity contribution in [3.8, 4) is 0 Å². The van der Waals surface area contributed by atoms with Crippen molar-refractivity contribution in [1.29, 1.82) is 0 Å². The molecule has 1 atom stereocenters. The molecule has 1 aromatic heterocycles. The average Bonchev–Trinajstić information content (AvgIpc) is 2.50. The third kappa shape index (κ3) is 3.97. The van der Waals surface area contributed by atoms with Gasteiger partial charge in [-0.1, -0.05) is 25.9 Å². The molecule has 5 nitrogen and oxygen atoms in total. The van der Waals surface area contributed by atoms with Gasteiger partial charge in [-0.2, -0.15) is 4.98 Å². The Morgan fingerprint density at radius 1 is 1.47 bits per heavy atom. The van der Waals surface area contributed by atoms with Crippen LogP contribution in [-0.2, 0) is 11.2 Å². The maximum Gasteiger partial charge on any atom is 0.227 e. The lowest BCUT2D eigenvalue weighted by Gasteiger charge is -2.13. The van der Waals surface area contributed by atoms with Crippen LogP contribution >= 0.6 is 0 Å². The first-order chi connectivity index (χ1) is 6.92. The summed E-state index contributed by atoms with van der Waals surface area (Å²) in [5.74, 6) is 1.14. The molecule has 1 aromatic rings. The van der Waals surface area contributed by atoms with Crippen LogP contribution in [-0.4, -0.2) is 23.9 Å². The largest absolute Gasteiger partial charge is 0.383 e. The van der Waals surface area contributed by atoms with Gasteiger partial charge in [0.1, 0.15) is 0 Å². The summed E-state index contributed by atoms with van der Waals surface area (Å²) >= 11 is 0. The van der Waals surface area contributed by atoms with Crippen LogP contribution in [0.5, 0.6) is 0 Å². The summed E-state index contributed by atoms with van der Waals surface area (Å²) in [7, 11) is 1.59. The van der Waals surface area contributed by atoms with E-state index in [0.29, 0.717) is 18.3 Å². The van der Waals surface area contributed by atoms with Crippen molar-refractivity contribution in [2.75, 3.05) is 13.7 Å². The van der Waals surface area contributed by atoms with Crippen LogP contribution in [0, 0.1) is 5.41 Å². The summed E-state index contributed by atoms with van der Waals surface area (Å²) in [4.78, 5) is 4.23. The minimum absolute atomic E-state index is 0.134. The molecule has 0 fully saturated rings. The number of hydrogen-bond donors (Lipinski definition) is 1. The lowest BCUT2D eigenvalue weighted by atomic mass is 9.92. The molecule has 0 spiro atoms. The Hall–Kier alpha value is -0.940. The predicted octanol–water partition coefficient (Wildman–Crippen LogP) is 1.30. The molecule has 1 unspecified atom stereocenters. The molecule has 0 aromatic carbocycles. The Labute approximate surface area is 90.0 Å². The van der Waals surface area contributed by atoms with Gasteiger partial charge in [-0.15, -0.1) is 0 Å². The summed E-state index contributed by atoms with van der Waals surface area (Å²) < 4.78 is 10.0. The van der Waals surface area contributed by atoms with Crippen molar-refractivity contribution >= 4 is 0 Å². The van der Waals surface area contributed by atoms with Crippen LogP contribution < -0.4 is 5.73 Å². The molecular weight excluding hydrogens is 194 g/mol. The monoisotopic (exact) mass is 213 g/mol. The zero-order chi connectivity index (χ0) is 11.5. The smallest absolute Gasteiger partial charge is 0.227 e. The molecule has 0 bridgehead atoms. The third-order valence-electron chi connectivity index (χ3n) is 1.84. The zero-order valence-corrected chi connectivity index (χ0v) is 9.78. The van der Waals surface area contributed by atoms with Crippen molar-refractivity contribution in [3.05, 3.63) is 11.7 Å². The number of nitrogens with zero attached hydrogens (tertiary/aromatic N) is 2. The quantitative estimate of drug-likeness (QED) is 0.816. The van der Waals surface area contributed by atoms with Gasteiger partial charge in [0.2, 0.25) is 5.89 Å². The fourth-order valence-corrected chi connectivity index (χ4v) is 1.20. The first kappa shape index (κ1) is 12.1. The van der Waals surface area contributed by atoms with Gasteiger partial charge in [0, 0.05) is 13.5 Å². The molecule has 86 valence electrons. The minimum atomic E-state index is -0.313. The van der Waals surface area contributed by atoms with E-state index in [1.165, 1.54) is 0 Å². The highest BCUT2D eigenvalue weighted by molar-refractivity contribution is 4.94.